The van der Waals surface area contributed by atoms with Gasteiger partial charge in [0.15, 0.2) is 0 Å². The van der Waals surface area contributed by atoms with Crippen LogP contribution in [-0.2, 0) is 19.3 Å². The number of benzene rings is 3. The van der Waals surface area contributed by atoms with Crippen molar-refractivity contribution in [3.8, 4) is 11.1 Å². The van der Waals surface area contributed by atoms with Crippen LogP contribution >= 0.6 is 0 Å². The molecule has 0 fully saturated rings. The van der Waals surface area contributed by atoms with Crippen LogP contribution in [0.2, 0.25) is 0 Å². The molecule has 5 rings (SSSR count). The van der Waals surface area contributed by atoms with Gasteiger partial charge in [0.2, 0.25) is 0 Å². The highest BCUT2D eigenvalue weighted by Gasteiger charge is 2.26. The van der Waals surface area contributed by atoms with Gasteiger partial charge in [0, 0.05) is 0 Å². The fourth-order valence-corrected chi connectivity index (χ4v) is 5.45. The Morgan fingerprint density at radius 3 is 2.55 bits per heavy atom. The number of fused-ring (bicyclic) bond motifs is 3. The zero-order valence-electron chi connectivity index (χ0n) is 20.0. The average Bonchev–Trinajstić information content (AvgIpc) is 3.27. The second kappa shape index (κ2) is 9.40. The smallest absolute Gasteiger partial charge is 0.00550 e. The third-order valence-corrected chi connectivity index (χ3v) is 7.37. The molecule has 0 saturated heterocycles. The van der Waals surface area contributed by atoms with E-state index in [-0.39, 0.29) is 0 Å². The molecule has 0 nitrogen and oxygen atoms in total. The van der Waals surface area contributed by atoms with Crippen LogP contribution in [0.3, 0.4) is 0 Å². The predicted molar refractivity (Wildman–Crippen MR) is 143 cm³/mol. The van der Waals surface area contributed by atoms with Crippen LogP contribution in [-0.4, -0.2) is 0 Å². The number of hydrogen-bond acceptors (Lipinski definition) is 0. The van der Waals surface area contributed by atoms with Crippen molar-refractivity contribution < 1.29 is 0 Å². The van der Waals surface area contributed by atoms with E-state index in [0.29, 0.717) is 5.92 Å². The Balaban J connectivity index is 1.43. The molecule has 0 saturated carbocycles. The van der Waals surface area contributed by atoms with Gasteiger partial charge in [0.1, 0.15) is 0 Å². The van der Waals surface area contributed by atoms with E-state index in [2.05, 4.69) is 99.3 Å². The molecule has 0 aromatic heterocycles. The van der Waals surface area contributed by atoms with Crippen molar-refractivity contribution >= 4 is 11.1 Å². The Bertz CT molecular complexity index is 1250. The van der Waals surface area contributed by atoms with E-state index in [9.17, 15) is 0 Å². The van der Waals surface area contributed by atoms with E-state index in [4.69, 9.17) is 0 Å². The topological polar surface area (TPSA) is 0 Å². The van der Waals surface area contributed by atoms with Gasteiger partial charge >= 0.3 is 0 Å². The molecule has 2 aliphatic rings. The van der Waals surface area contributed by atoms with Crippen molar-refractivity contribution in [2.75, 3.05) is 0 Å². The number of aryl methyl sites for hydroxylation is 1. The van der Waals surface area contributed by atoms with Gasteiger partial charge in [-0.1, -0.05) is 104 Å². The van der Waals surface area contributed by atoms with E-state index in [1.165, 1.54) is 63.8 Å². The summed E-state index contributed by atoms with van der Waals surface area (Å²) in [5, 5.41) is 0. The molecule has 3 aromatic carbocycles. The molecule has 1 unspecified atom stereocenters. The molecule has 0 amide bonds. The Morgan fingerprint density at radius 1 is 0.879 bits per heavy atom. The summed E-state index contributed by atoms with van der Waals surface area (Å²) in [6.45, 7) is 8.49. The lowest BCUT2D eigenvalue weighted by Crippen LogP contribution is -2.10. The van der Waals surface area contributed by atoms with Crippen molar-refractivity contribution in [1.29, 1.82) is 0 Å². The lowest BCUT2D eigenvalue weighted by Gasteiger charge is -2.19. The highest BCUT2D eigenvalue weighted by molar-refractivity contribution is 5.76. The number of hydrogen-bond donors (Lipinski definition) is 0. The van der Waals surface area contributed by atoms with Crippen molar-refractivity contribution in [1.82, 2.24) is 0 Å². The van der Waals surface area contributed by atoms with Gasteiger partial charge in [-0.15, -0.1) is 0 Å². The van der Waals surface area contributed by atoms with Crippen molar-refractivity contribution in [3.05, 3.63) is 119 Å². The Hall–Kier alpha value is -3.12. The van der Waals surface area contributed by atoms with Crippen molar-refractivity contribution in [2.24, 2.45) is 5.92 Å². The summed E-state index contributed by atoms with van der Waals surface area (Å²) in [6, 6.07) is 25.1. The number of rotatable bonds is 6. The molecule has 0 heteroatoms. The molecule has 2 aliphatic carbocycles. The van der Waals surface area contributed by atoms with Crippen LogP contribution in [0.5, 0.6) is 0 Å². The van der Waals surface area contributed by atoms with Crippen LogP contribution in [0.4, 0.5) is 0 Å². The lowest BCUT2D eigenvalue weighted by atomic mass is 9.85. The van der Waals surface area contributed by atoms with E-state index in [0.717, 1.165) is 24.8 Å². The Labute approximate surface area is 199 Å². The SMILES string of the molecule is C=C(C)c1cccc(C2=CC=C(C3Cc4ccccc4-c4ccc(CCCC)cc4C3)C2)c1. The largest absolute Gasteiger partial charge is 0.0955 e. The number of unbranched alkanes of at least 4 members (excludes halogenated alkanes) is 1. The first-order chi connectivity index (χ1) is 16.1. The third-order valence-electron chi connectivity index (χ3n) is 7.37. The minimum Gasteiger partial charge on any atom is -0.0955 e. The summed E-state index contributed by atoms with van der Waals surface area (Å²) in [4.78, 5) is 0. The standard InChI is InChI=1S/C33H34/c1-4-5-9-24-14-17-33-31(18-24)22-30(21-29-10-6-7-13-32(29)33)28-16-15-27(20-28)26-12-8-11-25(19-26)23(2)3/h6-8,10-19,30H,2,4-5,9,20-22H2,1,3H3. The first-order valence-electron chi connectivity index (χ1n) is 12.5. The van der Waals surface area contributed by atoms with Gasteiger partial charge in [0.25, 0.3) is 0 Å². The van der Waals surface area contributed by atoms with E-state index in [1.807, 2.05) is 0 Å². The van der Waals surface area contributed by atoms with Crippen LogP contribution in [0.25, 0.3) is 22.3 Å². The Morgan fingerprint density at radius 2 is 1.70 bits per heavy atom. The van der Waals surface area contributed by atoms with E-state index in [1.54, 1.807) is 5.57 Å². The minimum absolute atomic E-state index is 0.548. The maximum absolute atomic E-state index is 4.13. The van der Waals surface area contributed by atoms with Gasteiger partial charge in [-0.2, -0.15) is 0 Å². The second-order valence-corrected chi connectivity index (χ2v) is 9.83. The molecular formula is C33H34. The maximum atomic E-state index is 4.13. The highest BCUT2D eigenvalue weighted by Crippen LogP contribution is 2.41. The lowest BCUT2D eigenvalue weighted by molar-refractivity contribution is 0.605. The van der Waals surface area contributed by atoms with E-state index < -0.39 is 0 Å². The molecule has 166 valence electrons. The molecule has 0 spiro atoms. The minimum atomic E-state index is 0.548. The molecule has 0 N–H and O–H groups in total. The van der Waals surface area contributed by atoms with Crippen LogP contribution in [0, 0.1) is 5.92 Å². The fraction of sp³-hybridized carbons (Fsp3) is 0.273. The summed E-state index contributed by atoms with van der Waals surface area (Å²) < 4.78 is 0. The first-order valence-corrected chi connectivity index (χ1v) is 12.5. The molecule has 0 aliphatic heterocycles. The molecule has 1 atom stereocenters. The highest BCUT2D eigenvalue weighted by atomic mass is 14.3. The molecule has 0 bridgehead atoms. The van der Waals surface area contributed by atoms with Gasteiger partial charge in [-0.05, 0) is 95.5 Å². The number of allylic oxidation sites excluding steroid dienone is 5. The summed E-state index contributed by atoms with van der Waals surface area (Å²) >= 11 is 0. The van der Waals surface area contributed by atoms with Crippen LogP contribution < -0.4 is 0 Å². The summed E-state index contributed by atoms with van der Waals surface area (Å²) in [5.41, 5.74) is 14.1. The van der Waals surface area contributed by atoms with Gasteiger partial charge in [-0.3, -0.25) is 0 Å². The summed E-state index contributed by atoms with van der Waals surface area (Å²) in [6.07, 6.45) is 11.7. The summed E-state index contributed by atoms with van der Waals surface area (Å²) in [7, 11) is 0. The molecule has 3 aromatic rings. The normalized spacial score (nSPS) is 17.0. The third kappa shape index (κ3) is 4.53. The molecule has 0 radical (unpaired) electrons. The monoisotopic (exact) mass is 430 g/mol. The maximum Gasteiger partial charge on any atom is -0.00550 e. The molecule has 0 heterocycles. The van der Waals surface area contributed by atoms with Crippen molar-refractivity contribution in [2.45, 2.75) is 52.4 Å². The zero-order valence-corrected chi connectivity index (χ0v) is 20.0. The second-order valence-electron chi connectivity index (χ2n) is 9.83. The quantitative estimate of drug-likeness (QED) is 0.366. The van der Waals surface area contributed by atoms with Crippen LogP contribution in [0.1, 0.15) is 60.9 Å². The predicted octanol–water partition coefficient (Wildman–Crippen LogP) is 8.86. The van der Waals surface area contributed by atoms with Crippen molar-refractivity contribution in [3.63, 3.8) is 0 Å². The molecule has 33 heavy (non-hydrogen) atoms. The van der Waals surface area contributed by atoms with Gasteiger partial charge < -0.3 is 0 Å². The van der Waals surface area contributed by atoms with Gasteiger partial charge in [-0.25, -0.2) is 0 Å². The van der Waals surface area contributed by atoms with E-state index >= 15 is 0 Å². The molecular weight excluding hydrogens is 396 g/mol. The first kappa shape index (κ1) is 21.7. The fourth-order valence-electron chi connectivity index (χ4n) is 5.45. The van der Waals surface area contributed by atoms with Crippen LogP contribution in [0.15, 0.2) is 91.0 Å². The zero-order chi connectivity index (χ0) is 22.8. The average molecular weight is 431 g/mol. The summed E-state index contributed by atoms with van der Waals surface area (Å²) in [5.74, 6) is 0.548. The Kier molecular flexibility index (Phi) is 6.18. The van der Waals surface area contributed by atoms with Gasteiger partial charge in [0.05, 0.1) is 0 Å².